The van der Waals surface area contributed by atoms with Crippen molar-refractivity contribution in [3.8, 4) is 11.5 Å². The SMILES string of the molecule is CC(C)Oc1cc2c(OC[C@@H]3C[C@](C)(F)C(=O)N3)ccnc2cc1C(N)=O. The molecule has 0 unspecified atom stereocenters. The number of aromatic nitrogens is 1. The molecule has 3 N–H and O–H groups in total. The monoisotopic (exact) mass is 375 g/mol. The number of ether oxygens (including phenoxy) is 2. The summed E-state index contributed by atoms with van der Waals surface area (Å²) in [5, 5.41) is 3.21. The molecular formula is C19H22FN3O4. The first-order valence-electron chi connectivity index (χ1n) is 8.69. The Bertz CT molecular complexity index is 898. The van der Waals surface area contributed by atoms with Crippen LogP contribution >= 0.6 is 0 Å². The first-order valence-corrected chi connectivity index (χ1v) is 8.69. The number of nitrogens with two attached hydrogens (primary N) is 1. The van der Waals surface area contributed by atoms with Crippen LogP contribution < -0.4 is 20.5 Å². The lowest BCUT2D eigenvalue weighted by molar-refractivity contribution is -0.128. The molecular weight excluding hydrogens is 353 g/mol. The van der Waals surface area contributed by atoms with Crippen LogP contribution in [0.4, 0.5) is 4.39 Å². The van der Waals surface area contributed by atoms with E-state index in [9.17, 15) is 14.0 Å². The fraction of sp³-hybridized carbons (Fsp3) is 0.421. The van der Waals surface area contributed by atoms with Crippen LogP contribution in [0, 0.1) is 0 Å². The summed E-state index contributed by atoms with van der Waals surface area (Å²) in [6, 6.07) is 4.45. The number of rotatable bonds is 6. The van der Waals surface area contributed by atoms with Crippen molar-refractivity contribution in [2.75, 3.05) is 6.61 Å². The Morgan fingerprint density at radius 2 is 2.19 bits per heavy atom. The average Bonchev–Trinajstić information content (AvgIpc) is 2.84. The summed E-state index contributed by atoms with van der Waals surface area (Å²) >= 11 is 0. The number of carbonyl (C=O) groups excluding carboxylic acids is 2. The summed E-state index contributed by atoms with van der Waals surface area (Å²) in [4.78, 5) is 27.5. The van der Waals surface area contributed by atoms with Crippen molar-refractivity contribution in [3.63, 3.8) is 0 Å². The quantitative estimate of drug-likeness (QED) is 0.805. The van der Waals surface area contributed by atoms with Gasteiger partial charge in [0.25, 0.3) is 11.8 Å². The van der Waals surface area contributed by atoms with E-state index in [2.05, 4.69) is 10.3 Å². The number of hydrogen-bond acceptors (Lipinski definition) is 5. The van der Waals surface area contributed by atoms with Crippen LogP contribution in [0.3, 0.4) is 0 Å². The fourth-order valence-electron chi connectivity index (χ4n) is 3.05. The molecule has 2 atom stereocenters. The lowest BCUT2D eigenvalue weighted by Gasteiger charge is -2.16. The van der Waals surface area contributed by atoms with Gasteiger partial charge in [-0.1, -0.05) is 0 Å². The van der Waals surface area contributed by atoms with E-state index in [1.165, 1.54) is 13.1 Å². The van der Waals surface area contributed by atoms with Gasteiger partial charge in [0, 0.05) is 18.0 Å². The molecule has 144 valence electrons. The van der Waals surface area contributed by atoms with Gasteiger partial charge in [-0.15, -0.1) is 0 Å². The molecule has 1 aliphatic rings. The zero-order chi connectivity index (χ0) is 19.8. The minimum Gasteiger partial charge on any atom is -0.491 e. The summed E-state index contributed by atoms with van der Waals surface area (Å²) < 4.78 is 25.5. The van der Waals surface area contributed by atoms with E-state index in [-0.39, 0.29) is 24.7 Å². The number of pyridine rings is 1. The molecule has 2 amide bonds. The third-order valence-corrected chi connectivity index (χ3v) is 4.31. The highest BCUT2D eigenvalue weighted by molar-refractivity contribution is 6.01. The van der Waals surface area contributed by atoms with E-state index in [0.29, 0.717) is 22.4 Å². The van der Waals surface area contributed by atoms with E-state index in [4.69, 9.17) is 15.2 Å². The molecule has 2 aromatic rings. The average molecular weight is 375 g/mol. The van der Waals surface area contributed by atoms with E-state index < -0.39 is 23.5 Å². The number of alkyl halides is 1. The smallest absolute Gasteiger partial charge is 0.257 e. The predicted molar refractivity (Wildman–Crippen MR) is 97.6 cm³/mol. The van der Waals surface area contributed by atoms with E-state index in [1.807, 2.05) is 13.8 Å². The Balaban J connectivity index is 1.89. The van der Waals surface area contributed by atoms with Crippen LogP contribution in [-0.4, -0.2) is 41.2 Å². The van der Waals surface area contributed by atoms with Crippen LogP contribution in [-0.2, 0) is 4.79 Å². The Morgan fingerprint density at radius 3 is 2.78 bits per heavy atom. The number of nitrogens with zero attached hydrogens (tertiary/aromatic N) is 1. The van der Waals surface area contributed by atoms with Gasteiger partial charge in [0.2, 0.25) is 0 Å². The third kappa shape index (κ3) is 3.94. The number of nitrogens with one attached hydrogen (secondary N) is 1. The van der Waals surface area contributed by atoms with Gasteiger partial charge in [0.05, 0.1) is 23.2 Å². The number of hydrogen-bond donors (Lipinski definition) is 2. The Kier molecular flexibility index (Phi) is 4.91. The molecule has 8 heteroatoms. The first kappa shape index (κ1) is 18.9. The molecule has 2 heterocycles. The van der Waals surface area contributed by atoms with Gasteiger partial charge < -0.3 is 20.5 Å². The number of benzene rings is 1. The second kappa shape index (κ2) is 7.02. The van der Waals surface area contributed by atoms with Gasteiger partial charge >= 0.3 is 0 Å². The zero-order valence-electron chi connectivity index (χ0n) is 15.4. The molecule has 7 nitrogen and oxygen atoms in total. The topological polar surface area (TPSA) is 104 Å². The number of amides is 2. The summed E-state index contributed by atoms with van der Waals surface area (Å²) in [7, 11) is 0. The van der Waals surface area contributed by atoms with Crippen molar-refractivity contribution in [1.29, 1.82) is 0 Å². The summed E-state index contributed by atoms with van der Waals surface area (Å²) in [5.41, 5.74) is 4.31. The van der Waals surface area contributed by atoms with Gasteiger partial charge in [-0.25, -0.2) is 4.39 Å². The minimum atomic E-state index is -1.89. The molecule has 1 aliphatic heterocycles. The summed E-state index contributed by atoms with van der Waals surface area (Å²) in [5.74, 6) is -0.411. The first-order chi connectivity index (χ1) is 12.7. The molecule has 1 aromatic carbocycles. The lowest BCUT2D eigenvalue weighted by Crippen LogP contribution is -2.33. The molecule has 1 aromatic heterocycles. The number of fused-ring (bicyclic) bond motifs is 1. The maximum absolute atomic E-state index is 14.0. The van der Waals surface area contributed by atoms with Crippen molar-refractivity contribution in [2.24, 2.45) is 5.73 Å². The second-order valence-corrected chi connectivity index (χ2v) is 7.09. The van der Waals surface area contributed by atoms with Crippen molar-refractivity contribution < 1.29 is 23.5 Å². The van der Waals surface area contributed by atoms with Crippen LogP contribution in [0.25, 0.3) is 10.9 Å². The number of halogens is 1. The van der Waals surface area contributed by atoms with Crippen molar-refractivity contribution in [2.45, 2.75) is 45.0 Å². The predicted octanol–water partition coefficient (Wildman–Crippen LogP) is 2.12. The number of primary amides is 1. The summed E-state index contributed by atoms with van der Waals surface area (Å²) in [6.45, 7) is 5.05. The Labute approximate surface area is 156 Å². The van der Waals surface area contributed by atoms with E-state index in [0.717, 1.165) is 0 Å². The highest BCUT2D eigenvalue weighted by Crippen LogP contribution is 2.32. The molecule has 1 saturated heterocycles. The van der Waals surface area contributed by atoms with Gasteiger partial charge in [-0.3, -0.25) is 14.6 Å². The van der Waals surface area contributed by atoms with Gasteiger partial charge in [-0.05, 0) is 39.0 Å². The van der Waals surface area contributed by atoms with E-state index >= 15 is 0 Å². The standard InChI is InChI=1S/C19H22FN3O4/c1-10(2)27-16-7-12-14(6-13(16)17(21)24)22-5-4-15(12)26-9-11-8-19(3,20)18(25)23-11/h4-7,10-11H,8-9H2,1-3H3,(H2,21,24)(H,23,25)/t11-,19-/m0/s1. The molecule has 0 radical (unpaired) electrons. The molecule has 0 spiro atoms. The van der Waals surface area contributed by atoms with Crippen molar-refractivity contribution in [1.82, 2.24) is 10.3 Å². The minimum absolute atomic E-state index is 0.0440. The Hall–Kier alpha value is -2.90. The van der Waals surface area contributed by atoms with Gasteiger partial charge in [-0.2, -0.15) is 0 Å². The summed E-state index contributed by atoms with van der Waals surface area (Å²) in [6.07, 6.45) is 1.43. The number of carbonyl (C=O) groups is 2. The maximum Gasteiger partial charge on any atom is 0.257 e. The molecule has 0 saturated carbocycles. The van der Waals surface area contributed by atoms with Gasteiger partial charge in [0.15, 0.2) is 5.67 Å². The zero-order valence-corrected chi connectivity index (χ0v) is 15.4. The maximum atomic E-state index is 14.0. The fourth-order valence-corrected chi connectivity index (χ4v) is 3.05. The van der Waals surface area contributed by atoms with Crippen LogP contribution in [0.15, 0.2) is 24.4 Å². The molecule has 3 rings (SSSR count). The van der Waals surface area contributed by atoms with Crippen molar-refractivity contribution in [3.05, 3.63) is 30.0 Å². The van der Waals surface area contributed by atoms with Crippen molar-refractivity contribution >= 4 is 22.7 Å². The van der Waals surface area contributed by atoms with Crippen LogP contribution in [0.2, 0.25) is 0 Å². The molecule has 1 fully saturated rings. The van der Waals surface area contributed by atoms with E-state index in [1.54, 1.807) is 18.2 Å². The Morgan fingerprint density at radius 1 is 1.44 bits per heavy atom. The van der Waals surface area contributed by atoms with Gasteiger partial charge in [0.1, 0.15) is 18.1 Å². The third-order valence-electron chi connectivity index (χ3n) is 4.31. The van der Waals surface area contributed by atoms with Crippen LogP contribution in [0.1, 0.15) is 37.6 Å². The molecule has 27 heavy (non-hydrogen) atoms. The highest BCUT2D eigenvalue weighted by atomic mass is 19.1. The lowest BCUT2D eigenvalue weighted by atomic mass is 10.1. The van der Waals surface area contributed by atoms with Crippen LogP contribution in [0.5, 0.6) is 11.5 Å². The normalized spacial score (nSPS) is 22.1. The second-order valence-electron chi connectivity index (χ2n) is 7.09. The highest BCUT2D eigenvalue weighted by Gasteiger charge is 2.43. The molecule has 0 bridgehead atoms. The largest absolute Gasteiger partial charge is 0.491 e. The molecule has 0 aliphatic carbocycles.